The van der Waals surface area contributed by atoms with Crippen molar-refractivity contribution in [3.8, 4) is 0 Å². The Morgan fingerprint density at radius 2 is 1.48 bits per heavy atom. The van der Waals surface area contributed by atoms with Crippen LogP contribution < -0.4 is 5.32 Å². The van der Waals surface area contributed by atoms with Crippen LogP contribution in [0.2, 0.25) is 0 Å². The highest BCUT2D eigenvalue weighted by Gasteiger charge is 2.42. The summed E-state index contributed by atoms with van der Waals surface area (Å²) in [6, 6.07) is 12.5. The number of hydrogen-bond donors (Lipinski definition) is 1. The van der Waals surface area contributed by atoms with Crippen molar-refractivity contribution in [2.24, 2.45) is 0 Å². The molecule has 0 heterocycles. The average Bonchev–Trinajstić information content (AvgIpc) is 3.02. The van der Waals surface area contributed by atoms with Crippen LogP contribution in [-0.2, 0) is 38.6 Å². The third kappa shape index (κ3) is 9.11. The van der Waals surface area contributed by atoms with E-state index < -0.39 is 75.6 Å². The molecule has 3 aromatic carbocycles. The number of carbonyl (C=O) groups excluding carboxylic acids is 2. The molecule has 0 radical (unpaired) electrons. The fraction of sp³-hybridized carbons (Fsp3) is 0.257. The molecule has 1 atom stereocenters. The van der Waals surface area contributed by atoms with Crippen LogP contribution in [-0.4, -0.2) is 24.1 Å². The summed E-state index contributed by atoms with van der Waals surface area (Å²) in [4.78, 5) is 26.3. The zero-order chi connectivity index (χ0) is 35.9. The summed E-state index contributed by atoms with van der Waals surface area (Å²) in [6.07, 6.45) is -8.50. The number of alkyl halides is 6. The average molecular weight is 682 g/mol. The Morgan fingerprint density at radius 1 is 0.854 bits per heavy atom. The number of hydrogen-bond acceptors (Lipinski definition) is 4. The van der Waals surface area contributed by atoms with E-state index in [0.29, 0.717) is 29.8 Å². The second kappa shape index (κ2) is 14.9. The van der Waals surface area contributed by atoms with Crippen LogP contribution in [0.4, 0.5) is 35.1 Å². The van der Waals surface area contributed by atoms with Gasteiger partial charge in [-0.05, 0) is 79.9 Å². The van der Waals surface area contributed by atoms with Gasteiger partial charge < -0.3 is 14.8 Å². The first-order valence-electron chi connectivity index (χ1n) is 14.3. The number of rotatable bonds is 12. The van der Waals surface area contributed by atoms with Crippen LogP contribution in [0.15, 0.2) is 109 Å². The number of carbonyl (C=O) groups is 2. The van der Waals surface area contributed by atoms with E-state index in [0.717, 1.165) is 24.3 Å². The van der Waals surface area contributed by atoms with Crippen molar-refractivity contribution >= 4 is 11.9 Å². The van der Waals surface area contributed by atoms with Gasteiger partial charge in [-0.15, -0.1) is 0 Å². The van der Waals surface area contributed by atoms with Gasteiger partial charge in [-0.2, -0.15) is 26.3 Å². The Morgan fingerprint density at radius 3 is 2.04 bits per heavy atom. The van der Waals surface area contributed by atoms with Crippen molar-refractivity contribution in [3.63, 3.8) is 0 Å². The first-order valence-corrected chi connectivity index (χ1v) is 14.3. The number of ether oxygens (including phenoxy) is 2. The molecular weight excluding hydrogens is 650 g/mol. The molecule has 0 saturated carbocycles. The molecule has 0 unspecified atom stereocenters. The Kier molecular flexibility index (Phi) is 11.6. The molecule has 3 rings (SSSR count). The Labute approximate surface area is 271 Å². The van der Waals surface area contributed by atoms with Gasteiger partial charge >= 0.3 is 18.3 Å². The normalized spacial score (nSPS) is 14.1. The number of nitrogens with one attached hydrogen (secondary N) is 1. The lowest BCUT2D eigenvalue weighted by Gasteiger charge is -2.38. The number of allylic oxidation sites excluding steroid dienone is 1. The Hall–Kier alpha value is -4.94. The van der Waals surface area contributed by atoms with Gasteiger partial charge in [0.1, 0.15) is 17.9 Å². The van der Waals surface area contributed by atoms with Crippen molar-refractivity contribution in [2.75, 3.05) is 6.61 Å². The summed E-state index contributed by atoms with van der Waals surface area (Å²) in [6.45, 7) is 7.67. The third-order valence-corrected chi connectivity index (χ3v) is 7.07. The van der Waals surface area contributed by atoms with Gasteiger partial charge in [0, 0.05) is 12.0 Å². The summed E-state index contributed by atoms with van der Waals surface area (Å²) in [5.41, 5.74) is -7.71. The molecule has 3 aromatic rings. The SMILES string of the molecule is C=CC(=CC(=CF)OC(C)(C)C(=O)OCC)[C@@](Cc1ccccc1)(NC(=O)c1cccc(C(F)(F)F)c1)c1cc(F)cc(C(F)(F)F)c1. The molecule has 0 aliphatic rings. The monoisotopic (exact) mass is 681 g/mol. The first-order chi connectivity index (χ1) is 22.4. The molecule has 1 N–H and O–H groups in total. The summed E-state index contributed by atoms with van der Waals surface area (Å²) in [5, 5.41) is 2.51. The van der Waals surface area contributed by atoms with E-state index in [1.807, 2.05) is 0 Å². The Balaban J connectivity index is 2.39. The minimum absolute atomic E-state index is 0.0447. The fourth-order valence-corrected chi connectivity index (χ4v) is 4.80. The highest BCUT2D eigenvalue weighted by molar-refractivity contribution is 5.95. The minimum atomic E-state index is -5.07. The van der Waals surface area contributed by atoms with E-state index in [4.69, 9.17) is 9.47 Å². The van der Waals surface area contributed by atoms with E-state index in [2.05, 4.69) is 11.9 Å². The van der Waals surface area contributed by atoms with Gasteiger partial charge in [-0.25, -0.2) is 13.6 Å². The van der Waals surface area contributed by atoms with Crippen LogP contribution >= 0.6 is 0 Å². The molecule has 5 nitrogen and oxygen atoms in total. The smallest absolute Gasteiger partial charge is 0.416 e. The van der Waals surface area contributed by atoms with Crippen LogP contribution in [0.3, 0.4) is 0 Å². The largest absolute Gasteiger partial charge is 0.474 e. The van der Waals surface area contributed by atoms with Crippen LogP contribution in [0.5, 0.6) is 0 Å². The maximum absolute atomic E-state index is 15.0. The summed E-state index contributed by atoms with van der Waals surface area (Å²) in [5.74, 6) is -4.15. The second-order valence-electron chi connectivity index (χ2n) is 11.0. The predicted octanol–water partition coefficient (Wildman–Crippen LogP) is 9.01. The van der Waals surface area contributed by atoms with Gasteiger partial charge in [0.15, 0.2) is 5.60 Å². The maximum Gasteiger partial charge on any atom is 0.416 e. The third-order valence-electron chi connectivity index (χ3n) is 7.07. The second-order valence-corrected chi connectivity index (χ2v) is 11.0. The molecule has 0 bridgehead atoms. The molecule has 0 fully saturated rings. The summed E-state index contributed by atoms with van der Waals surface area (Å²) >= 11 is 0. The number of amides is 1. The molecule has 0 aliphatic carbocycles. The fourth-order valence-electron chi connectivity index (χ4n) is 4.80. The van der Waals surface area contributed by atoms with Crippen LogP contribution in [0.25, 0.3) is 0 Å². The minimum Gasteiger partial charge on any atom is -0.474 e. The quantitative estimate of drug-likeness (QED) is 0.0897. The van der Waals surface area contributed by atoms with E-state index in [1.165, 1.54) is 32.9 Å². The molecular formula is C35H31F8NO4. The van der Waals surface area contributed by atoms with Crippen molar-refractivity contribution in [1.82, 2.24) is 5.32 Å². The summed E-state index contributed by atoms with van der Waals surface area (Å²) < 4.78 is 123. The van der Waals surface area contributed by atoms with Crippen molar-refractivity contribution in [1.29, 1.82) is 0 Å². The lowest BCUT2D eigenvalue weighted by Crippen LogP contribution is -2.49. The van der Waals surface area contributed by atoms with E-state index in [-0.39, 0.29) is 24.6 Å². The van der Waals surface area contributed by atoms with Crippen molar-refractivity contribution in [2.45, 2.75) is 50.7 Å². The van der Waals surface area contributed by atoms with Gasteiger partial charge in [-0.1, -0.05) is 49.1 Å². The molecule has 0 aliphatic heterocycles. The van der Waals surface area contributed by atoms with Gasteiger partial charge in [-0.3, -0.25) is 4.79 Å². The molecule has 1 amide bonds. The first kappa shape index (κ1) is 37.5. The van der Waals surface area contributed by atoms with E-state index >= 15 is 4.39 Å². The lowest BCUT2D eigenvalue weighted by atomic mass is 9.76. The Bertz CT molecular complexity index is 1690. The predicted molar refractivity (Wildman–Crippen MR) is 161 cm³/mol. The molecule has 0 aromatic heterocycles. The zero-order valence-corrected chi connectivity index (χ0v) is 25.9. The van der Waals surface area contributed by atoms with Crippen LogP contribution in [0, 0.1) is 5.82 Å². The highest BCUT2D eigenvalue weighted by Crippen LogP contribution is 2.40. The van der Waals surface area contributed by atoms with Crippen molar-refractivity contribution in [3.05, 3.63) is 143 Å². The number of benzene rings is 3. The molecule has 48 heavy (non-hydrogen) atoms. The molecule has 0 spiro atoms. The van der Waals surface area contributed by atoms with Gasteiger partial charge in [0.2, 0.25) is 0 Å². The maximum atomic E-state index is 15.0. The van der Waals surface area contributed by atoms with Crippen LogP contribution in [0.1, 0.15) is 53.4 Å². The zero-order valence-electron chi connectivity index (χ0n) is 25.9. The number of esters is 1. The van der Waals surface area contributed by atoms with Gasteiger partial charge in [0.05, 0.1) is 23.3 Å². The molecule has 256 valence electrons. The lowest BCUT2D eigenvalue weighted by molar-refractivity contribution is -0.163. The van der Waals surface area contributed by atoms with Gasteiger partial charge in [0.25, 0.3) is 5.91 Å². The summed E-state index contributed by atoms with van der Waals surface area (Å²) in [7, 11) is 0. The molecule has 0 saturated heterocycles. The number of halogens is 8. The van der Waals surface area contributed by atoms with Crippen molar-refractivity contribution < 1.29 is 54.2 Å². The molecule has 13 heteroatoms. The standard InChI is InChI=1S/C35H31F8NO4/c1-5-24(19-29(21-36)48-32(3,4)31(46)47-6-2)33(20-22-11-8-7-9-12-22,26-16-27(35(41,42)43)18-28(37)17-26)44-30(45)23-13-10-14-25(15-23)34(38,39)40/h5,7-19,21H,1,6,20H2,2-4H3,(H,44,45)/t33-/m1/s1. The van der Waals surface area contributed by atoms with E-state index in [1.54, 1.807) is 18.2 Å². The van der Waals surface area contributed by atoms with E-state index in [9.17, 15) is 40.3 Å². The topological polar surface area (TPSA) is 64.6 Å². The highest BCUT2D eigenvalue weighted by atomic mass is 19.4.